The first-order chi connectivity index (χ1) is 13.0. The van der Waals surface area contributed by atoms with Gasteiger partial charge in [0.05, 0.1) is 0 Å². The number of alkyl carbamates (subject to hydrolysis) is 1. The van der Waals surface area contributed by atoms with Gasteiger partial charge in [-0.3, -0.25) is 4.79 Å². The fourth-order valence-electron chi connectivity index (χ4n) is 2.64. The Morgan fingerprint density at radius 3 is 2.14 bits per heavy atom. The van der Waals surface area contributed by atoms with Crippen molar-refractivity contribution in [3.63, 3.8) is 0 Å². The van der Waals surface area contributed by atoms with E-state index in [0.29, 0.717) is 19.3 Å². The third-order valence-corrected chi connectivity index (χ3v) is 3.89. The summed E-state index contributed by atoms with van der Waals surface area (Å²) >= 11 is 0. The number of hydrogen-bond donors (Lipinski definition) is 3. The number of hydrogen-bond acceptors (Lipinski definition) is 4. The molecule has 1 rings (SSSR count). The lowest BCUT2D eigenvalue weighted by atomic mass is 10.0. The third-order valence-electron chi connectivity index (χ3n) is 3.89. The molecule has 0 aliphatic rings. The van der Waals surface area contributed by atoms with Gasteiger partial charge in [-0.15, -0.1) is 0 Å². The molecule has 0 spiro atoms. The van der Waals surface area contributed by atoms with Gasteiger partial charge in [-0.25, -0.2) is 9.59 Å². The Morgan fingerprint density at radius 1 is 1.04 bits per heavy atom. The van der Waals surface area contributed by atoms with Crippen molar-refractivity contribution in [3.05, 3.63) is 35.9 Å². The number of carboxylic acid groups (broad SMARTS) is 1. The summed E-state index contributed by atoms with van der Waals surface area (Å²) in [6, 6.07) is 7.65. The number of carbonyl (C=O) groups excluding carboxylic acids is 2. The second-order valence-corrected chi connectivity index (χ2v) is 8.25. The number of ether oxygens (including phenoxy) is 1. The molecule has 0 aliphatic carbocycles. The van der Waals surface area contributed by atoms with Crippen molar-refractivity contribution in [1.82, 2.24) is 10.6 Å². The van der Waals surface area contributed by atoms with Gasteiger partial charge in [-0.2, -0.15) is 0 Å². The largest absolute Gasteiger partial charge is 0.480 e. The van der Waals surface area contributed by atoms with Crippen molar-refractivity contribution >= 4 is 18.0 Å². The van der Waals surface area contributed by atoms with Gasteiger partial charge >= 0.3 is 12.1 Å². The molecule has 1 aromatic carbocycles. The molecule has 0 saturated carbocycles. The zero-order valence-electron chi connectivity index (χ0n) is 17.3. The minimum absolute atomic E-state index is 0.1000. The van der Waals surface area contributed by atoms with Crippen LogP contribution in [0.4, 0.5) is 4.79 Å². The highest BCUT2D eigenvalue weighted by molar-refractivity contribution is 5.89. The molecule has 28 heavy (non-hydrogen) atoms. The topological polar surface area (TPSA) is 105 Å². The molecular weight excluding hydrogens is 360 g/mol. The zero-order valence-corrected chi connectivity index (χ0v) is 17.3. The van der Waals surface area contributed by atoms with Crippen LogP contribution in [0.15, 0.2) is 30.3 Å². The molecule has 3 N–H and O–H groups in total. The fraction of sp³-hybridized carbons (Fsp3) is 0.571. The van der Waals surface area contributed by atoms with Crippen LogP contribution in [0.25, 0.3) is 0 Å². The standard InChI is InChI=1S/C21H32N2O5/c1-14(2)13-17(19(25)26)22-18(24)16(23-20(27)28-21(3,4)5)12-11-15-9-7-6-8-10-15/h6-10,14,16-17H,11-13H2,1-5H3,(H,22,24)(H,23,27)(H,25,26)/t16-,17-/m0/s1. The summed E-state index contributed by atoms with van der Waals surface area (Å²) in [5, 5.41) is 14.5. The highest BCUT2D eigenvalue weighted by Crippen LogP contribution is 2.11. The summed E-state index contributed by atoms with van der Waals surface area (Å²) in [5.74, 6) is -1.53. The van der Waals surface area contributed by atoms with E-state index < -0.39 is 35.7 Å². The van der Waals surface area contributed by atoms with E-state index in [1.54, 1.807) is 20.8 Å². The molecule has 7 nitrogen and oxygen atoms in total. The number of carbonyl (C=O) groups is 3. The van der Waals surface area contributed by atoms with Crippen molar-refractivity contribution < 1.29 is 24.2 Å². The lowest BCUT2D eigenvalue weighted by Gasteiger charge is -2.25. The third kappa shape index (κ3) is 9.39. The van der Waals surface area contributed by atoms with Gasteiger partial charge in [0.15, 0.2) is 0 Å². The van der Waals surface area contributed by atoms with E-state index in [0.717, 1.165) is 5.56 Å². The molecule has 0 radical (unpaired) electrons. The first kappa shape index (κ1) is 23.5. The first-order valence-corrected chi connectivity index (χ1v) is 9.54. The fourth-order valence-corrected chi connectivity index (χ4v) is 2.64. The molecule has 0 fully saturated rings. The van der Waals surface area contributed by atoms with E-state index in [4.69, 9.17) is 4.74 Å². The highest BCUT2D eigenvalue weighted by Gasteiger charge is 2.28. The van der Waals surface area contributed by atoms with Crippen molar-refractivity contribution in [2.75, 3.05) is 0 Å². The molecule has 0 aliphatic heterocycles. The van der Waals surface area contributed by atoms with Crippen LogP contribution in [0.1, 0.15) is 53.0 Å². The van der Waals surface area contributed by atoms with Gasteiger partial charge in [-0.05, 0) is 51.5 Å². The van der Waals surface area contributed by atoms with Crippen LogP contribution < -0.4 is 10.6 Å². The number of nitrogens with one attached hydrogen (secondary N) is 2. The van der Waals surface area contributed by atoms with Gasteiger partial charge in [0, 0.05) is 0 Å². The Kier molecular flexibility index (Phi) is 8.96. The Morgan fingerprint density at radius 2 is 1.64 bits per heavy atom. The molecule has 0 aromatic heterocycles. The van der Waals surface area contributed by atoms with Gasteiger partial charge in [0.25, 0.3) is 0 Å². The Hall–Kier alpha value is -2.57. The summed E-state index contributed by atoms with van der Waals surface area (Å²) in [6.45, 7) is 8.96. The monoisotopic (exact) mass is 392 g/mol. The number of aryl methyl sites for hydroxylation is 1. The second-order valence-electron chi connectivity index (χ2n) is 8.25. The first-order valence-electron chi connectivity index (χ1n) is 9.54. The lowest BCUT2D eigenvalue weighted by molar-refractivity contribution is -0.142. The molecule has 0 bridgehead atoms. The maximum absolute atomic E-state index is 12.7. The van der Waals surface area contributed by atoms with Crippen molar-refractivity contribution in [1.29, 1.82) is 0 Å². The predicted octanol–water partition coefficient (Wildman–Crippen LogP) is 3.13. The van der Waals surface area contributed by atoms with Gasteiger partial charge in [0.2, 0.25) is 5.91 Å². The van der Waals surface area contributed by atoms with Crippen molar-refractivity contribution in [3.8, 4) is 0 Å². The van der Waals surface area contributed by atoms with Crippen molar-refractivity contribution in [2.45, 2.75) is 71.6 Å². The Bertz CT molecular complexity index is 653. The summed E-state index contributed by atoms with van der Waals surface area (Å²) in [5.41, 5.74) is 0.314. The van der Waals surface area contributed by atoms with Gasteiger partial charge in [0.1, 0.15) is 17.7 Å². The van der Waals surface area contributed by atoms with Crippen LogP contribution in [0.3, 0.4) is 0 Å². The van der Waals surface area contributed by atoms with Crippen LogP contribution in [0, 0.1) is 5.92 Å². The predicted molar refractivity (Wildman–Crippen MR) is 107 cm³/mol. The molecule has 1 aromatic rings. The smallest absolute Gasteiger partial charge is 0.408 e. The van der Waals surface area contributed by atoms with Crippen LogP contribution in [-0.2, 0) is 20.7 Å². The maximum Gasteiger partial charge on any atom is 0.408 e. The van der Waals surface area contributed by atoms with Gasteiger partial charge in [-0.1, -0.05) is 44.2 Å². The van der Waals surface area contributed by atoms with Crippen LogP contribution >= 0.6 is 0 Å². The molecule has 7 heteroatoms. The van der Waals surface area contributed by atoms with Crippen molar-refractivity contribution in [2.24, 2.45) is 5.92 Å². The Balaban J connectivity index is 2.85. The molecule has 156 valence electrons. The normalized spacial score (nSPS) is 13.5. The number of aliphatic carboxylic acids is 1. The Labute approximate surface area is 166 Å². The number of benzene rings is 1. The van der Waals surface area contributed by atoms with E-state index in [1.807, 2.05) is 44.2 Å². The SMILES string of the molecule is CC(C)C[C@H](NC(=O)[C@H](CCc1ccccc1)NC(=O)OC(C)(C)C)C(=O)O. The summed E-state index contributed by atoms with van der Waals surface area (Å²) in [7, 11) is 0. The van der Waals surface area contributed by atoms with Crippen LogP contribution in [0.5, 0.6) is 0 Å². The van der Waals surface area contributed by atoms with E-state index in [1.165, 1.54) is 0 Å². The molecule has 0 saturated heterocycles. The van der Waals surface area contributed by atoms with E-state index in [2.05, 4.69) is 10.6 Å². The zero-order chi connectivity index (χ0) is 21.3. The van der Waals surface area contributed by atoms with Gasteiger partial charge < -0.3 is 20.5 Å². The summed E-state index contributed by atoms with van der Waals surface area (Å²) in [6.07, 6.45) is 0.468. The maximum atomic E-state index is 12.7. The molecular formula is C21H32N2O5. The minimum Gasteiger partial charge on any atom is -0.480 e. The molecule has 2 atom stereocenters. The summed E-state index contributed by atoms with van der Waals surface area (Å²) < 4.78 is 5.24. The molecule has 2 amide bonds. The quantitative estimate of drug-likeness (QED) is 0.599. The number of carboxylic acids is 1. The average molecular weight is 392 g/mol. The molecule has 0 unspecified atom stereocenters. The summed E-state index contributed by atoms with van der Waals surface area (Å²) in [4.78, 5) is 36.3. The second kappa shape index (κ2) is 10.7. The minimum atomic E-state index is -1.10. The average Bonchev–Trinajstić information content (AvgIpc) is 2.56. The van der Waals surface area contributed by atoms with Crippen LogP contribution in [-0.4, -0.2) is 40.8 Å². The van der Waals surface area contributed by atoms with E-state index in [-0.39, 0.29) is 5.92 Å². The molecule has 0 heterocycles. The lowest BCUT2D eigenvalue weighted by Crippen LogP contribution is -2.52. The number of rotatable bonds is 9. The van der Waals surface area contributed by atoms with E-state index >= 15 is 0 Å². The number of amides is 2. The van der Waals surface area contributed by atoms with E-state index in [9.17, 15) is 19.5 Å². The highest BCUT2D eigenvalue weighted by atomic mass is 16.6. The van der Waals surface area contributed by atoms with Crippen LogP contribution in [0.2, 0.25) is 0 Å².